The van der Waals surface area contributed by atoms with E-state index in [2.05, 4.69) is 0 Å². The highest BCUT2D eigenvalue weighted by molar-refractivity contribution is 4.85. The van der Waals surface area contributed by atoms with Gasteiger partial charge in [0.1, 0.15) is 5.79 Å². The SMILES string of the molecule is NC(CCO)CC(N)C(N)(N)N. The molecule has 2 unspecified atom stereocenters. The van der Waals surface area contributed by atoms with Crippen LogP contribution in [0.5, 0.6) is 0 Å². The van der Waals surface area contributed by atoms with Gasteiger partial charge in [-0.3, -0.25) is 17.2 Å². The number of rotatable bonds is 5. The maximum absolute atomic E-state index is 8.54. The van der Waals surface area contributed by atoms with E-state index in [1.165, 1.54) is 0 Å². The molecule has 0 bridgehead atoms. The van der Waals surface area contributed by atoms with Gasteiger partial charge in [-0.15, -0.1) is 0 Å². The third kappa shape index (κ3) is 4.60. The van der Waals surface area contributed by atoms with Crippen molar-refractivity contribution in [1.29, 1.82) is 0 Å². The van der Waals surface area contributed by atoms with Crippen LogP contribution in [0, 0.1) is 0 Å². The van der Waals surface area contributed by atoms with Crippen LogP contribution in [0.2, 0.25) is 0 Å². The molecule has 12 heavy (non-hydrogen) atoms. The van der Waals surface area contributed by atoms with E-state index in [0.29, 0.717) is 12.8 Å². The Morgan fingerprint density at radius 1 is 1.17 bits per heavy atom. The second-order valence-corrected chi connectivity index (χ2v) is 3.11. The molecular formula is C6H19N5O. The molecule has 0 fully saturated rings. The molecule has 0 spiro atoms. The van der Waals surface area contributed by atoms with E-state index < -0.39 is 11.8 Å². The first-order chi connectivity index (χ1) is 5.38. The van der Waals surface area contributed by atoms with Gasteiger partial charge in [-0.25, -0.2) is 0 Å². The van der Waals surface area contributed by atoms with Crippen molar-refractivity contribution >= 4 is 0 Å². The summed E-state index contributed by atoms with van der Waals surface area (Å²) in [5, 5.41) is 8.54. The Hall–Kier alpha value is -0.240. The molecule has 0 rings (SSSR count). The summed E-state index contributed by atoms with van der Waals surface area (Å²) in [7, 11) is 0. The average Bonchev–Trinajstić information content (AvgIpc) is 1.85. The van der Waals surface area contributed by atoms with Crippen LogP contribution in [0.1, 0.15) is 12.8 Å². The van der Waals surface area contributed by atoms with Crippen LogP contribution < -0.4 is 28.7 Å². The fourth-order valence-corrected chi connectivity index (χ4v) is 0.814. The van der Waals surface area contributed by atoms with Gasteiger partial charge in [0.05, 0.1) is 6.04 Å². The highest BCUT2D eigenvalue weighted by Gasteiger charge is 2.24. The molecule has 0 radical (unpaired) electrons. The van der Waals surface area contributed by atoms with E-state index in [-0.39, 0.29) is 12.6 Å². The van der Waals surface area contributed by atoms with Crippen molar-refractivity contribution in [1.82, 2.24) is 0 Å². The summed E-state index contributed by atoms with van der Waals surface area (Å²) in [4.78, 5) is 0. The van der Waals surface area contributed by atoms with Crippen molar-refractivity contribution in [3.05, 3.63) is 0 Å². The van der Waals surface area contributed by atoms with Gasteiger partial charge in [0.15, 0.2) is 0 Å². The number of hydrogen-bond donors (Lipinski definition) is 6. The first-order valence-corrected chi connectivity index (χ1v) is 3.86. The van der Waals surface area contributed by atoms with Crippen molar-refractivity contribution in [2.45, 2.75) is 30.7 Å². The normalized spacial score (nSPS) is 17.5. The van der Waals surface area contributed by atoms with Crippen LogP contribution in [-0.4, -0.2) is 29.6 Å². The van der Waals surface area contributed by atoms with Crippen LogP contribution in [-0.2, 0) is 0 Å². The predicted molar refractivity (Wildman–Crippen MR) is 47.6 cm³/mol. The summed E-state index contributed by atoms with van der Waals surface area (Å²) in [6.45, 7) is 0.0284. The van der Waals surface area contributed by atoms with Crippen LogP contribution in [0.25, 0.3) is 0 Å². The number of aliphatic hydroxyl groups excluding tert-OH is 1. The minimum Gasteiger partial charge on any atom is -0.396 e. The molecule has 0 aromatic heterocycles. The van der Waals surface area contributed by atoms with Crippen LogP contribution >= 0.6 is 0 Å². The molecule has 0 saturated carbocycles. The Labute approximate surface area is 72.1 Å². The van der Waals surface area contributed by atoms with Gasteiger partial charge in [-0.1, -0.05) is 0 Å². The summed E-state index contributed by atoms with van der Waals surface area (Å²) < 4.78 is 0. The molecule has 11 N–H and O–H groups in total. The Kier molecular flexibility index (Phi) is 4.61. The maximum atomic E-state index is 8.54. The molecule has 6 heteroatoms. The van der Waals surface area contributed by atoms with Gasteiger partial charge in [-0.05, 0) is 12.8 Å². The largest absolute Gasteiger partial charge is 0.396 e. The van der Waals surface area contributed by atoms with E-state index in [1.54, 1.807) is 0 Å². The topological polar surface area (TPSA) is 150 Å². The van der Waals surface area contributed by atoms with Crippen molar-refractivity contribution in [3.63, 3.8) is 0 Å². The second kappa shape index (κ2) is 4.70. The quantitative estimate of drug-likeness (QED) is 0.245. The zero-order valence-electron chi connectivity index (χ0n) is 7.11. The van der Waals surface area contributed by atoms with Crippen molar-refractivity contribution in [3.8, 4) is 0 Å². The Morgan fingerprint density at radius 2 is 1.67 bits per heavy atom. The van der Waals surface area contributed by atoms with Gasteiger partial charge in [0.2, 0.25) is 0 Å². The predicted octanol–water partition coefficient (Wildman–Crippen LogP) is -3.06. The summed E-state index contributed by atoms with van der Waals surface area (Å²) in [6.07, 6.45) is 0.883. The molecule has 74 valence electrons. The Bertz CT molecular complexity index is 124. The third-order valence-corrected chi connectivity index (χ3v) is 1.70. The minimum atomic E-state index is -1.40. The highest BCUT2D eigenvalue weighted by Crippen LogP contribution is 2.01. The summed E-state index contributed by atoms with van der Waals surface area (Å²) in [5.74, 6) is -1.40. The van der Waals surface area contributed by atoms with E-state index in [1.807, 2.05) is 0 Å². The van der Waals surface area contributed by atoms with Crippen LogP contribution in [0.4, 0.5) is 0 Å². The first kappa shape index (κ1) is 11.8. The lowest BCUT2D eigenvalue weighted by atomic mass is 10.0. The molecule has 0 aliphatic rings. The van der Waals surface area contributed by atoms with Crippen molar-refractivity contribution in [2.24, 2.45) is 28.7 Å². The molecule has 0 aliphatic heterocycles. The molecule has 0 aliphatic carbocycles. The lowest BCUT2D eigenvalue weighted by Crippen LogP contribution is -2.69. The molecule has 0 saturated heterocycles. The summed E-state index contributed by atoms with van der Waals surface area (Å²) >= 11 is 0. The molecule has 6 nitrogen and oxygen atoms in total. The summed E-state index contributed by atoms with van der Waals surface area (Å²) in [6, 6.07) is -0.765. The zero-order valence-corrected chi connectivity index (χ0v) is 7.11. The fraction of sp³-hybridized carbons (Fsp3) is 1.00. The average molecular weight is 177 g/mol. The smallest absolute Gasteiger partial charge is 0.131 e. The van der Waals surface area contributed by atoms with Gasteiger partial charge in [0.25, 0.3) is 0 Å². The molecular weight excluding hydrogens is 158 g/mol. The van der Waals surface area contributed by atoms with Gasteiger partial charge >= 0.3 is 0 Å². The standard InChI is InChI=1S/C6H19N5O/c7-4(1-2-12)3-5(8)6(9,10)11/h4-5,12H,1-3,7-11H2. The lowest BCUT2D eigenvalue weighted by molar-refractivity contribution is 0.258. The lowest BCUT2D eigenvalue weighted by Gasteiger charge is -2.28. The zero-order chi connectivity index (χ0) is 9.78. The number of aliphatic hydroxyl groups is 1. The van der Waals surface area contributed by atoms with E-state index in [4.69, 9.17) is 33.8 Å². The highest BCUT2D eigenvalue weighted by atomic mass is 16.3. The van der Waals surface area contributed by atoms with Crippen LogP contribution in [0.15, 0.2) is 0 Å². The Balaban J connectivity index is 3.76. The molecule has 0 aromatic rings. The van der Waals surface area contributed by atoms with Gasteiger partial charge in [-0.2, -0.15) is 0 Å². The summed E-state index contributed by atoms with van der Waals surface area (Å²) in [5.41, 5.74) is 27.1. The van der Waals surface area contributed by atoms with Gasteiger partial charge < -0.3 is 16.6 Å². The fourth-order valence-electron chi connectivity index (χ4n) is 0.814. The molecule has 0 aromatic carbocycles. The molecule has 0 amide bonds. The maximum Gasteiger partial charge on any atom is 0.131 e. The monoisotopic (exact) mass is 177 g/mol. The minimum absolute atomic E-state index is 0.0284. The molecule has 0 heterocycles. The van der Waals surface area contributed by atoms with E-state index >= 15 is 0 Å². The van der Waals surface area contributed by atoms with Crippen molar-refractivity contribution in [2.75, 3.05) is 6.61 Å². The van der Waals surface area contributed by atoms with E-state index in [0.717, 1.165) is 0 Å². The third-order valence-electron chi connectivity index (χ3n) is 1.70. The number of hydrogen-bond acceptors (Lipinski definition) is 6. The Morgan fingerprint density at radius 3 is 2.00 bits per heavy atom. The molecule has 2 atom stereocenters. The van der Waals surface area contributed by atoms with Gasteiger partial charge in [0, 0.05) is 12.6 Å². The first-order valence-electron chi connectivity index (χ1n) is 3.86. The van der Waals surface area contributed by atoms with Crippen LogP contribution in [0.3, 0.4) is 0 Å². The second-order valence-electron chi connectivity index (χ2n) is 3.11. The van der Waals surface area contributed by atoms with Crippen molar-refractivity contribution < 1.29 is 5.11 Å². The number of nitrogens with two attached hydrogens (primary N) is 5. The van der Waals surface area contributed by atoms with E-state index in [9.17, 15) is 0 Å².